The molecule has 5 aliphatic rings. The Labute approximate surface area is 188 Å². The number of Topliss-reactive ketones (excluding diaryl/α,β-unsaturated/α-hetero) is 1. The monoisotopic (exact) mass is 427 g/mol. The molecule has 4 nitrogen and oxygen atoms in total. The van der Waals surface area contributed by atoms with Crippen LogP contribution < -0.4 is 0 Å². The number of piperidine rings is 1. The van der Waals surface area contributed by atoms with Gasteiger partial charge in [0.15, 0.2) is 0 Å². The lowest BCUT2D eigenvalue weighted by Crippen LogP contribution is -2.50. The third-order valence-corrected chi connectivity index (χ3v) is 10.1. The second-order valence-electron chi connectivity index (χ2n) is 11.7. The van der Waals surface area contributed by atoms with E-state index in [1.165, 1.54) is 25.7 Å². The highest BCUT2D eigenvalue weighted by atomic mass is 16.5. The van der Waals surface area contributed by atoms with Crippen LogP contribution in [0.1, 0.15) is 90.9 Å². The largest absolute Gasteiger partial charge is 0.462 e. The zero-order valence-corrected chi connectivity index (χ0v) is 19.7. The molecule has 0 aromatic carbocycles. The van der Waals surface area contributed by atoms with E-state index >= 15 is 0 Å². The number of hydrogen-bond acceptors (Lipinski definition) is 4. The molecule has 6 unspecified atom stereocenters. The van der Waals surface area contributed by atoms with Crippen molar-refractivity contribution in [1.29, 1.82) is 0 Å². The smallest absolute Gasteiger partial charge is 0.307 e. The first kappa shape index (κ1) is 21.7. The zero-order chi connectivity index (χ0) is 21.6. The number of carbonyl (C=O) groups is 2. The van der Waals surface area contributed by atoms with Crippen LogP contribution in [0.25, 0.3) is 0 Å². The number of allylic oxidation sites excluding steroid dienone is 1. The van der Waals surface area contributed by atoms with Gasteiger partial charge in [0.1, 0.15) is 11.9 Å². The van der Waals surface area contributed by atoms with E-state index in [9.17, 15) is 9.59 Å². The number of carbonyl (C=O) groups excluding carboxylic acids is 2. The second-order valence-corrected chi connectivity index (χ2v) is 11.7. The van der Waals surface area contributed by atoms with Crippen LogP contribution in [0.15, 0.2) is 11.6 Å². The summed E-state index contributed by atoms with van der Waals surface area (Å²) < 4.78 is 5.96. The fraction of sp³-hybridized carbons (Fsp3) is 0.852. The summed E-state index contributed by atoms with van der Waals surface area (Å²) in [5, 5.41) is 0. The molecule has 1 saturated heterocycles. The number of ether oxygens (including phenoxy) is 1. The van der Waals surface area contributed by atoms with Crippen LogP contribution in [0.3, 0.4) is 0 Å². The van der Waals surface area contributed by atoms with Gasteiger partial charge in [-0.15, -0.1) is 0 Å². The van der Waals surface area contributed by atoms with Crippen molar-refractivity contribution in [2.75, 3.05) is 19.6 Å². The summed E-state index contributed by atoms with van der Waals surface area (Å²) in [6.45, 7) is 7.86. The maximum absolute atomic E-state index is 12.6. The zero-order valence-electron chi connectivity index (χ0n) is 19.7. The molecule has 6 atom stereocenters. The fourth-order valence-corrected chi connectivity index (χ4v) is 8.18. The average molecular weight is 428 g/mol. The highest BCUT2D eigenvalue weighted by Crippen LogP contribution is 2.64. The Balaban J connectivity index is 1.20. The normalized spacial score (nSPS) is 42.9. The number of hydrogen-bond donors (Lipinski definition) is 0. The predicted octanol–water partition coefficient (Wildman–Crippen LogP) is 5.31. The molecule has 4 heteroatoms. The fourth-order valence-electron chi connectivity index (χ4n) is 8.18. The van der Waals surface area contributed by atoms with Crippen molar-refractivity contribution in [2.24, 2.45) is 28.6 Å². The Morgan fingerprint density at radius 1 is 1.06 bits per heavy atom. The lowest BCUT2D eigenvalue weighted by atomic mass is 9.48. The molecule has 0 bridgehead atoms. The van der Waals surface area contributed by atoms with Gasteiger partial charge in [-0.05, 0) is 87.6 Å². The lowest BCUT2D eigenvalue weighted by molar-refractivity contribution is -0.151. The van der Waals surface area contributed by atoms with Gasteiger partial charge in [0.05, 0.1) is 6.42 Å². The number of esters is 1. The van der Waals surface area contributed by atoms with Crippen molar-refractivity contribution in [2.45, 2.75) is 97.0 Å². The maximum atomic E-state index is 12.6. The highest BCUT2D eigenvalue weighted by Gasteiger charge is 2.58. The van der Waals surface area contributed by atoms with Crippen LogP contribution in [0, 0.1) is 28.6 Å². The summed E-state index contributed by atoms with van der Waals surface area (Å²) in [6.07, 6.45) is 15.3. The summed E-state index contributed by atoms with van der Waals surface area (Å²) in [6, 6.07) is 0. The van der Waals surface area contributed by atoms with Gasteiger partial charge in [-0.25, -0.2) is 0 Å². The molecule has 172 valence electrons. The topological polar surface area (TPSA) is 46.6 Å². The molecule has 0 radical (unpaired) electrons. The first-order chi connectivity index (χ1) is 14.9. The van der Waals surface area contributed by atoms with Gasteiger partial charge < -0.3 is 9.64 Å². The van der Waals surface area contributed by atoms with Gasteiger partial charge in [0.25, 0.3) is 0 Å². The Hall–Kier alpha value is -1.16. The number of likely N-dealkylation sites (tertiary alicyclic amines) is 1. The summed E-state index contributed by atoms with van der Waals surface area (Å²) in [5.74, 6) is 2.47. The minimum absolute atomic E-state index is 0.00800. The predicted molar refractivity (Wildman–Crippen MR) is 121 cm³/mol. The molecular weight excluding hydrogens is 386 g/mol. The van der Waals surface area contributed by atoms with E-state index in [4.69, 9.17) is 4.74 Å². The van der Waals surface area contributed by atoms with Crippen LogP contribution in [0.2, 0.25) is 0 Å². The van der Waals surface area contributed by atoms with Crippen LogP contribution in [-0.2, 0) is 14.3 Å². The molecule has 4 aliphatic carbocycles. The van der Waals surface area contributed by atoms with Gasteiger partial charge in [-0.3, -0.25) is 9.59 Å². The molecule has 1 aliphatic heterocycles. The summed E-state index contributed by atoms with van der Waals surface area (Å²) in [5.41, 5.74) is 1.73. The van der Waals surface area contributed by atoms with Crippen LogP contribution in [0.5, 0.6) is 0 Å². The summed E-state index contributed by atoms with van der Waals surface area (Å²) in [4.78, 5) is 27.5. The third kappa shape index (κ3) is 3.81. The van der Waals surface area contributed by atoms with Crippen molar-refractivity contribution in [3.8, 4) is 0 Å². The Morgan fingerprint density at radius 2 is 1.81 bits per heavy atom. The van der Waals surface area contributed by atoms with Gasteiger partial charge in [-0.1, -0.05) is 31.9 Å². The van der Waals surface area contributed by atoms with E-state index < -0.39 is 0 Å². The molecule has 31 heavy (non-hydrogen) atoms. The molecule has 3 saturated carbocycles. The average Bonchev–Trinajstić information content (AvgIpc) is 3.08. The maximum Gasteiger partial charge on any atom is 0.307 e. The molecule has 4 fully saturated rings. The van der Waals surface area contributed by atoms with E-state index in [0.717, 1.165) is 64.6 Å². The quantitative estimate of drug-likeness (QED) is 0.451. The summed E-state index contributed by atoms with van der Waals surface area (Å²) >= 11 is 0. The number of rotatable bonds is 4. The molecule has 0 N–H and O–H groups in total. The van der Waals surface area contributed by atoms with E-state index in [-0.39, 0.29) is 22.9 Å². The van der Waals surface area contributed by atoms with Crippen LogP contribution in [0.4, 0.5) is 0 Å². The van der Waals surface area contributed by atoms with Gasteiger partial charge in [-0.2, -0.15) is 0 Å². The standard InChI is InChI=1S/C27H41NO3/c1-26-13-10-20(31-25(30)12-17-28-15-4-3-5-16-28)18-19(26)6-7-21-22-8-9-24(29)27(22,2)14-11-23(21)26/h6,20-23H,3-5,7-18H2,1-2H3. The van der Waals surface area contributed by atoms with E-state index in [1.54, 1.807) is 5.57 Å². The van der Waals surface area contributed by atoms with E-state index in [2.05, 4.69) is 24.8 Å². The Morgan fingerprint density at radius 3 is 2.61 bits per heavy atom. The molecule has 5 rings (SSSR count). The second kappa shape index (κ2) is 8.32. The van der Waals surface area contributed by atoms with Crippen LogP contribution in [-0.4, -0.2) is 42.4 Å². The van der Waals surface area contributed by atoms with Gasteiger partial charge in [0, 0.05) is 24.8 Å². The van der Waals surface area contributed by atoms with Crippen molar-refractivity contribution in [3.05, 3.63) is 11.6 Å². The summed E-state index contributed by atoms with van der Waals surface area (Å²) in [7, 11) is 0. The van der Waals surface area contributed by atoms with E-state index in [1.807, 2.05) is 0 Å². The molecule has 0 aromatic heterocycles. The van der Waals surface area contributed by atoms with Crippen molar-refractivity contribution >= 4 is 11.8 Å². The van der Waals surface area contributed by atoms with Crippen LogP contribution >= 0.6 is 0 Å². The van der Waals surface area contributed by atoms with Gasteiger partial charge in [0.2, 0.25) is 0 Å². The molecule has 0 amide bonds. The van der Waals surface area contributed by atoms with Crippen molar-refractivity contribution in [1.82, 2.24) is 4.90 Å². The van der Waals surface area contributed by atoms with E-state index in [0.29, 0.717) is 30.0 Å². The number of nitrogens with zero attached hydrogens (tertiary/aromatic N) is 1. The van der Waals surface area contributed by atoms with Crippen molar-refractivity contribution < 1.29 is 14.3 Å². The molecule has 0 aromatic rings. The third-order valence-electron chi connectivity index (χ3n) is 10.1. The lowest BCUT2D eigenvalue weighted by Gasteiger charge is -2.56. The van der Waals surface area contributed by atoms with Crippen molar-refractivity contribution in [3.63, 3.8) is 0 Å². The Kier molecular flexibility index (Phi) is 5.82. The minimum Gasteiger partial charge on any atom is -0.462 e. The van der Waals surface area contributed by atoms with Gasteiger partial charge >= 0.3 is 5.97 Å². The highest BCUT2D eigenvalue weighted by molar-refractivity contribution is 5.87. The SMILES string of the molecule is CC12CCC3C(CC=C4CC(OC(=O)CCN5CCCCC5)CCC43C)C1CCC2=O. The number of fused-ring (bicyclic) bond motifs is 5. The molecule has 1 heterocycles. The first-order valence-electron chi connectivity index (χ1n) is 13.0. The first-order valence-corrected chi connectivity index (χ1v) is 13.0. The number of ketones is 1. The minimum atomic E-state index is -0.0516. The Bertz CT molecular complexity index is 754. The molecule has 0 spiro atoms. The molecular formula is C27H41NO3.